The van der Waals surface area contributed by atoms with E-state index in [0.29, 0.717) is 23.0 Å². The largest absolute Gasteiger partial charge is 0.497 e. The molecule has 112 valence electrons. The topological polar surface area (TPSA) is 42.2 Å². The first-order chi connectivity index (χ1) is 10.7. The van der Waals surface area contributed by atoms with Crippen LogP contribution in [0.25, 0.3) is 11.6 Å². The lowest BCUT2D eigenvalue weighted by molar-refractivity contribution is 0.340. The van der Waals surface area contributed by atoms with Crippen LogP contribution in [0.2, 0.25) is 5.02 Å². The molecule has 0 amide bonds. The van der Waals surface area contributed by atoms with Gasteiger partial charge in [-0.05, 0) is 60.5 Å². The SMILES string of the molecule is CCOc1ccc(/C=C(\C#N)c2ccc(OC)cc2)cc1Cl. The molecule has 2 rings (SSSR count). The van der Waals surface area contributed by atoms with Crippen LogP contribution in [0.1, 0.15) is 18.1 Å². The molecule has 0 unspecified atom stereocenters. The molecule has 0 N–H and O–H groups in total. The summed E-state index contributed by atoms with van der Waals surface area (Å²) in [6.07, 6.45) is 1.80. The van der Waals surface area contributed by atoms with Crippen LogP contribution in [0.15, 0.2) is 42.5 Å². The summed E-state index contributed by atoms with van der Waals surface area (Å²) < 4.78 is 10.5. The summed E-state index contributed by atoms with van der Waals surface area (Å²) in [5.41, 5.74) is 2.23. The Morgan fingerprint density at radius 1 is 1.23 bits per heavy atom. The molecule has 2 aromatic carbocycles. The number of rotatable bonds is 5. The Morgan fingerprint density at radius 2 is 1.95 bits per heavy atom. The van der Waals surface area contributed by atoms with Crippen LogP contribution < -0.4 is 9.47 Å². The second-order valence-electron chi connectivity index (χ2n) is 4.52. The maximum atomic E-state index is 9.37. The first-order valence-electron chi connectivity index (χ1n) is 6.86. The van der Waals surface area contributed by atoms with Gasteiger partial charge in [0.25, 0.3) is 0 Å². The van der Waals surface area contributed by atoms with Gasteiger partial charge in [0, 0.05) is 0 Å². The minimum absolute atomic E-state index is 0.530. The zero-order valence-corrected chi connectivity index (χ0v) is 13.2. The van der Waals surface area contributed by atoms with Crippen LogP contribution in [-0.4, -0.2) is 13.7 Å². The van der Waals surface area contributed by atoms with E-state index in [-0.39, 0.29) is 0 Å². The fourth-order valence-corrected chi connectivity index (χ4v) is 2.24. The molecule has 0 aromatic heterocycles. The van der Waals surface area contributed by atoms with Crippen LogP contribution in [0.4, 0.5) is 0 Å². The Kier molecular flexibility index (Phi) is 5.46. The lowest BCUT2D eigenvalue weighted by Gasteiger charge is -2.06. The number of hydrogen-bond acceptors (Lipinski definition) is 3. The van der Waals surface area contributed by atoms with Crippen molar-refractivity contribution in [3.05, 3.63) is 58.6 Å². The molecule has 0 bridgehead atoms. The van der Waals surface area contributed by atoms with E-state index in [0.717, 1.165) is 16.9 Å². The first kappa shape index (κ1) is 15.9. The van der Waals surface area contributed by atoms with Crippen molar-refractivity contribution in [2.75, 3.05) is 13.7 Å². The molecule has 3 nitrogen and oxygen atoms in total. The highest BCUT2D eigenvalue weighted by Gasteiger charge is 2.05. The molecule has 22 heavy (non-hydrogen) atoms. The highest BCUT2D eigenvalue weighted by atomic mass is 35.5. The van der Waals surface area contributed by atoms with Crippen LogP contribution in [0, 0.1) is 11.3 Å². The minimum atomic E-state index is 0.530. The van der Waals surface area contributed by atoms with Gasteiger partial charge in [0.05, 0.1) is 30.4 Å². The van der Waals surface area contributed by atoms with Crippen molar-refractivity contribution in [2.45, 2.75) is 6.92 Å². The summed E-state index contributed by atoms with van der Waals surface area (Å²) in [5.74, 6) is 1.40. The average Bonchev–Trinajstić information content (AvgIpc) is 2.55. The number of nitriles is 1. The summed E-state index contributed by atoms with van der Waals surface area (Å²) in [6, 6.07) is 15.0. The van der Waals surface area contributed by atoms with E-state index >= 15 is 0 Å². The molecule has 0 saturated carbocycles. The fraction of sp³-hybridized carbons (Fsp3) is 0.167. The zero-order valence-electron chi connectivity index (χ0n) is 12.5. The van der Waals surface area contributed by atoms with Gasteiger partial charge in [-0.3, -0.25) is 0 Å². The summed E-state index contributed by atoms with van der Waals surface area (Å²) in [4.78, 5) is 0. The van der Waals surface area contributed by atoms with Gasteiger partial charge in [-0.2, -0.15) is 5.26 Å². The van der Waals surface area contributed by atoms with Crippen molar-refractivity contribution in [3.63, 3.8) is 0 Å². The van der Waals surface area contributed by atoms with Crippen LogP contribution >= 0.6 is 11.6 Å². The summed E-state index contributed by atoms with van der Waals surface area (Å²) in [5, 5.41) is 9.90. The maximum Gasteiger partial charge on any atom is 0.137 e. The van der Waals surface area contributed by atoms with E-state index in [2.05, 4.69) is 6.07 Å². The number of allylic oxidation sites excluding steroid dienone is 1. The van der Waals surface area contributed by atoms with Crippen molar-refractivity contribution in [3.8, 4) is 17.6 Å². The van der Waals surface area contributed by atoms with E-state index < -0.39 is 0 Å². The van der Waals surface area contributed by atoms with Gasteiger partial charge < -0.3 is 9.47 Å². The molecular formula is C18H16ClNO2. The average molecular weight is 314 g/mol. The van der Waals surface area contributed by atoms with Gasteiger partial charge in [0.1, 0.15) is 11.5 Å². The van der Waals surface area contributed by atoms with Crippen molar-refractivity contribution < 1.29 is 9.47 Å². The van der Waals surface area contributed by atoms with Crippen molar-refractivity contribution >= 4 is 23.3 Å². The molecule has 2 aromatic rings. The molecule has 0 atom stereocenters. The molecule has 0 aliphatic heterocycles. The highest BCUT2D eigenvalue weighted by molar-refractivity contribution is 6.32. The van der Waals surface area contributed by atoms with Gasteiger partial charge in [-0.15, -0.1) is 0 Å². The third-order valence-electron chi connectivity index (χ3n) is 3.09. The Bertz CT molecular complexity index is 715. The van der Waals surface area contributed by atoms with Crippen LogP contribution in [0.3, 0.4) is 0 Å². The summed E-state index contributed by atoms with van der Waals surface area (Å²) in [7, 11) is 1.61. The maximum absolute atomic E-state index is 9.37. The van der Waals surface area contributed by atoms with E-state index in [1.54, 1.807) is 25.3 Å². The lowest BCUT2D eigenvalue weighted by atomic mass is 10.0. The van der Waals surface area contributed by atoms with Gasteiger partial charge in [0.15, 0.2) is 0 Å². The molecule has 0 saturated heterocycles. The van der Waals surface area contributed by atoms with E-state index in [4.69, 9.17) is 21.1 Å². The van der Waals surface area contributed by atoms with Gasteiger partial charge in [0.2, 0.25) is 0 Å². The molecule has 0 fully saturated rings. The highest BCUT2D eigenvalue weighted by Crippen LogP contribution is 2.28. The number of methoxy groups -OCH3 is 1. The van der Waals surface area contributed by atoms with Gasteiger partial charge in [-0.1, -0.05) is 17.7 Å². The molecular weight excluding hydrogens is 298 g/mol. The van der Waals surface area contributed by atoms with Crippen LogP contribution in [0.5, 0.6) is 11.5 Å². The molecule has 0 spiro atoms. The second-order valence-corrected chi connectivity index (χ2v) is 4.93. The number of benzene rings is 2. The number of ether oxygens (including phenoxy) is 2. The Labute approximate surface area is 135 Å². The number of halogens is 1. The van der Waals surface area contributed by atoms with Crippen molar-refractivity contribution in [2.24, 2.45) is 0 Å². The Morgan fingerprint density at radius 3 is 2.50 bits per heavy atom. The van der Waals surface area contributed by atoms with Gasteiger partial charge >= 0.3 is 0 Å². The predicted molar refractivity (Wildman–Crippen MR) is 89.1 cm³/mol. The summed E-state index contributed by atoms with van der Waals surface area (Å²) in [6.45, 7) is 2.46. The van der Waals surface area contributed by atoms with Crippen molar-refractivity contribution in [1.82, 2.24) is 0 Å². The van der Waals surface area contributed by atoms with Crippen LogP contribution in [-0.2, 0) is 0 Å². The van der Waals surface area contributed by atoms with E-state index in [1.165, 1.54) is 0 Å². The zero-order chi connectivity index (χ0) is 15.9. The number of hydrogen-bond donors (Lipinski definition) is 0. The molecule has 0 radical (unpaired) electrons. The minimum Gasteiger partial charge on any atom is -0.497 e. The van der Waals surface area contributed by atoms with E-state index in [9.17, 15) is 5.26 Å². The normalized spacial score (nSPS) is 10.9. The Balaban J connectivity index is 2.32. The smallest absolute Gasteiger partial charge is 0.137 e. The Hall–Kier alpha value is -2.44. The lowest BCUT2D eigenvalue weighted by Crippen LogP contribution is -1.92. The standard InChI is InChI=1S/C18H16ClNO2/c1-3-22-18-9-4-13(11-17(18)19)10-15(12-20)14-5-7-16(21-2)8-6-14/h4-11H,3H2,1-2H3/b15-10+. The molecule has 0 aliphatic carbocycles. The molecule has 0 aliphatic rings. The third kappa shape index (κ3) is 3.81. The van der Waals surface area contributed by atoms with Gasteiger partial charge in [-0.25, -0.2) is 0 Å². The fourth-order valence-electron chi connectivity index (χ4n) is 2.00. The quantitative estimate of drug-likeness (QED) is 0.587. The predicted octanol–water partition coefficient (Wildman–Crippen LogP) is 4.81. The first-order valence-corrected chi connectivity index (χ1v) is 7.24. The molecule has 0 heterocycles. The van der Waals surface area contributed by atoms with E-state index in [1.807, 2.05) is 37.3 Å². The monoisotopic (exact) mass is 313 g/mol. The number of nitrogens with zero attached hydrogens (tertiary/aromatic N) is 1. The van der Waals surface area contributed by atoms with Crippen molar-refractivity contribution in [1.29, 1.82) is 5.26 Å². The molecule has 4 heteroatoms. The second kappa shape index (κ2) is 7.53. The third-order valence-corrected chi connectivity index (χ3v) is 3.38. The summed E-state index contributed by atoms with van der Waals surface area (Å²) >= 11 is 6.17.